The Bertz CT molecular complexity index is 1250. The van der Waals surface area contributed by atoms with Gasteiger partial charge in [0.15, 0.2) is 0 Å². The van der Waals surface area contributed by atoms with Crippen LogP contribution in [0.3, 0.4) is 0 Å². The summed E-state index contributed by atoms with van der Waals surface area (Å²) in [7, 11) is 0. The number of nitrogens with zero attached hydrogens (tertiary/aromatic N) is 1. The molecular weight excluding hydrogens is 548 g/mol. The lowest BCUT2D eigenvalue weighted by molar-refractivity contribution is -0.142. The first kappa shape index (κ1) is 20.8. The van der Waals surface area contributed by atoms with Crippen molar-refractivity contribution in [1.82, 2.24) is 10.4 Å². The lowest BCUT2D eigenvalue weighted by Crippen LogP contribution is -2.56. The largest absolute Gasteiger partial charge is 0.272 e. The van der Waals surface area contributed by atoms with Gasteiger partial charge >= 0.3 is 0 Å². The number of amides is 3. The third-order valence-corrected chi connectivity index (χ3v) is 9.81. The minimum absolute atomic E-state index is 0.382. The van der Waals surface area contributed by atoms with Crippen LogP contribution in [0, 0.1) is 18.8 Å². The fourth-order valence-corrected chi connectivity index (χ4v) is 7.95. The molecule has 1 fully saturated rings. The van der Waals surface area contributed by atoms with Crippen LogP contribution in [0.25, 0.3) is 0 Å². The number of halogens is 2. The minimum atomic E-state index is -0.879. The van der Waals surface area contributed by atoms with Gasteiger partial charge in [-0.25, -0.2) is 0 Å². The molecule has 3 aliphatic carbocycles. The number of benzene rings is 3. The van der Waals surface area contributed by atoms with E-state index in [0.717, 1.165) is 32.8 Å². The Kier molecular flexibility index (Phi) is 4.33. The molecule has 164 valence electrons. The first-order valence-electron chi connectivity index (χ1n) is 10.6. The van der Waals surface area contributed by atoms with Gasteiger partial charge in [0, 0.05) is 5.56 Å². The first-order valence-corrected chi connectivity index (χ1v) is 12.2. The summed E-state index contributed by atoms with van der Waals surface area (Å²) in [6, 6.07) is 22.7. The molecule has 1 N–H and O–H groups in total. The topological polar surface area (TPSA) is 66.5 Å². The van der Waals surface area contributed by atoms with Gasteiger partial charge in [0.1, 0.15) is 0 Å². The third kappa shape index (κ3) is 2.49. The van der Waals surface area contributed by atoms with Gasteiger partial charge in [-0.15, -0.1) is 0 Å². The van der Waals surface area contributed by atoms with E-state index in [1.165, 1.54) is 0 Å². The van der Waals surface area contributed by atoms with Gasteiger partial charge in [-0.05, 0) is 41.3 Å². The maximum absolute atomic E-state index is 13.8. The molecule has 3 aromatic rings. The molecule has 1 saturated heterocycles. The first-order chi connectivity index (χ1) is 15.8. The summed E-state index contributed by atoms with van der Waals surface area (Å²) in [4.78, 5) is 40.4. The van der Waals surface area contributed by atoms with Crippen molar-refractivity contribution in [2.24, 2.45) is 11.8 Å². The van der Waals surface area contributed by atoms with Crippen LogP contribution in [0.2, 0.25) is 0 Å². The Balaban J connectivity index is 1.49. The molecule has 1 heterocycles. The quantitative estimate of drug-likeness (QED) is 0.366. The van der Waals surface area contributed by atoms with Crippen molar-refractivity contribution in [3.05, 3.63) is 106 Å². The van der Waals surface area contributed by atoms with E-state index in [1.54, 1.807) is 12.1 Å². The maximum atomic E-state index is 13.8. The van der Waals surface area contributed by atoms with Crippen LogP contribution in [0.4, 0.5) is 0 Å². The molecule has 0 spiro atoms. The van der Waals surface area contributed by atoms with Crippen molar-refractivity contribution in [1.29, 1.82) is 0 Å². The number of imide groups is 1. The smallest absolute Gasteiger partial charge is 0.270 e. The molecule has 33 heavy (non-hydrogen) atoms. The highest BCUT2D eigenvalue weighted by atomic mass is 79.9. The normalized spacial score (nSPS) is 28.9. The molecule has 2 bridgehead atoms. The van der Waals surface area contributed by atoms with Crippen molar-refractivity contribution < 1.29 is 14.4 Å². The van der Waals surface area contributed by atoms with E-state index in [9.17, 15) is 14.4 Å². The lowest BCUT2D eigenvalue weighted by atomic mass is 9.54. The van der Waals surface area contributed by atoms with Crippen molar-refractivity contribution in [3.8, 4) is 0 Å². The number of hydrogen-bond donors (Lipinski definition) is 1. The predicted molar refractivity (Wildman–Crippen MR) is 130 cm³/mol. The number of aryl methyl sites for hydroxylation is 1. The van der Waals surface area contributed by atoms with E-state index < -0.39 is 38.2 Å². The minimum Gasteiger partial charge on any atom is -0.272 e. The predicted octanol–water partition coefficient (Wildman–Crippen LogP) is 4.55. The van der Waals surface area contributed by atoms with Crippen molar-refractivity contribution in [3.63, 3.8) is 0 Å². The molecule has 0 aromatic heterocycles. The summed E-state index contributed by atoms with van der Waals surface area (Å²) < 4.78 is -1.76. The average Bonchev–Trinajstić information content (AvgIpc) is 3.09. The van der Waals surface area contributed by atoms with E-state index in [0.29, 0.717) is 5.56 Å². The van der Waals surface area contributed by atoms with Crippen LogP contribution in [0.5, 0.6) is 0 Å². The van der Waals surface area contributed by atoms with Crippen LogP contribution in [0.1, 0.15) is 38.2 Å². The Labute approximate surface area is 207 Å². The SMILES string of the molecule is Cc1ccc(C(=O)NN2C(=O)C3C(C2=O)C2(Br)c4ccccc4C3(Br)c3ccccc32)cc1. The Morgan fingerprint density at radius 3 is 1.55 bits per heavy atom. The zero-order valence-electron chi connectivity index (χ0n) is 17.5. The fourth-order valence-electron chi connectivity index (χ4n) is 5.65. The number of hydrazine groups is 1. The molecule has 2 atom stereocenters. The van der Waals surface area contributed by atoms with E-state index in [2.05, 4.69) is 37.3 Å². The van der Waals surface area contributed by atoms with Crippen LogP contribution in [-0.2, 0) is 18.2 Å². The van der Waals surface area contributed by atoms with Gasteiger partial charge in [-0.1, -0.05) is 98.1 Å². The van der Waals surface area contributed by atoms with Gasteiger partial charge in [0.25, 0.3) is 17.7 Å². The summed E-state index contributed by atoms with van der Waals surface area (Å²) >= 11 is 7.89. The molecule has 0 radical (unpaired) electrons. The second-order valence-electron chi connectivity index (χ2n) is 8.79. The van der Waals surface area contributed by atoms with Crippen molar-refractivity contribution in [2.45, 2.75) is 15.6 Å². The number of carbonyl (C=O) groups is 3. The Hall–Kier alpha value is -2.77. The van der Waals surface area contributed by atoms with E-state index >= 15 is 0 Å². The van der Waals surface area contributed by atoms with Crippen molar-refractivity contribution in [2.75, 3.05) is 0 Å². The number of nitrogens with one attached hydrogen (secondary N) is 1. The number of alkyl halides is 2. The monoisotopic (exact) mass is 564 g/mol. The molecule has 4 aliphatic rings. The third-order valence-electron chi connectivity index (χ3n) is 7.11. The zero-order chi connectivity index (χ0) is 23.1. The summed E-state index contributed by atoms with van der Waals surface area (Å²) in [6.45, 7) is 1.93. The van der Waals surface area contributed by atoms with Crippen LogP contribution in [0.15, 0.2) is 72.8 Å². The number of hydrogen-bond acceptors (Lipinski definition) is 3. The summed E-state index contributed by atoms with van der Waals surface area (Å²) in [5.41, 5.74) is 7.79. The highest BCUT2D eigenvalue weighted by Crippen LogP contribution is 2.70. The molecule has 7 rings (SSSR count). The van der Waals surface area contributed by atoms with Crippen molar-refractivity contribution >= 4 is 49.6 Å². The standard InChI is InChI=1S/C26H18Br2N2O3/c1-14-10-12-15(13-11-14)22(31)29-30-23(32)20-21(24(30)33)26(28)17-7-3-2-6-16(17)25(20,27)18-8-4-5-9-19(18)26/h2-13,20-21H,1H3,(H,29,31). The van der Waals surface area contributed by atoms with Gasteiger partial charge < -0.3 is 0 Å². The molecule has 0 saturated carbocycles. The fraction of sp³-hybridized carbons (Fsp3) is 0.192. The summed E-state index contributed by atoms with van der Waals surface area (Å²) in [5, 5.41) is 0.918. The average molecular weight is 566 g/mol. The van der Waals surface area contributed by atoms with Gasteiger partial charge in [-0.3, -0.25) is 19.8 Å². The lowest BCUT2D eigenvalue weighted by Gasteiger charge is -2.55. The van der Waals surface area contributed by atoms with Gasteiger partial charge in [-0.2, -0.15) is 5.01 Å². The van der Waals surface area contributed by atoms with E-state index in [1.807, 2.05) is 67.6 Å². The van der Waals surface area contributed by atoms with Crippen LogP contribution in [-0.4, -0.2) is 22.7 Å². The zero-order valence-corrected chi connectivity index (χ0v) is 20.7. The van der Waals surface area contributed by atoms with Crippen LogP contribution < -0.4 is 5.43 Å². The van der Waals surface area contributed by atoms with Crippen LogP contribution >= 0.6 is 31.9 Å². The second kappa shape index (κ2) is 6.87. The molecule has 3 amide bonds. The second-order valence-corrected chi connectivity index (χ2v) is 11.3. The number of rotatable bonds is 2. The number of carbonyl (C=O) groups excluding carboxylic acids is 3. The Morgan fingerprint density at radius 1 is 0.758 bits per heavy atom. The Morgan fingerprint density at radius 2 is 1.15 bits per heavy atom. The van der Waals surface area contributed by atoms with Gasteiger partial charge in [0.05, 0.1) is 20.5 Å². The van der Waals surface area contributed by atoms with E-state index in [-0.39, 0.29) is 0 Å². The molecule has 3 aromatic carbocycles. The van der Waals surface area contributed by atoms with Gasteiger partial charge in [0.2, 0.25) is 0 Å². The highest BCUT2D eigenvalue weighted by molar-refractivity contribution is 9.10. The maximum Gasteiger partial charge on any atom is 0.270 e. The summed E-state index contributed by atoms with van der Waals surface area (Å²) in [5.74, 6) is -2.77. The molecule has 5 nitrogen and oxygen atoms in total. The molecule has 2 unspecified atom stereocenters. The summed E-state index contributed by atoms with van der Waals surface area (Å²) in [6.07, 6.45) is 0. The molecule has 7 heteroatoms. The van der Waals surface area contributed by atoms with E-state index in [4.69, 9.17) is 0 Å². The molecular formula is C26H18Br2N2O3. The molecule has 1 aliphatic heterocycles. The highest BCUT2D eigenvalue weighted by Gasteiger charge is 2.72.